The predicted octanol–water partition coefficient (Wildman–Crippen LogP) is 2.90. The molecule has 150 valence electrons. The Hall–Kier alpha value is -3.06. The molecule has 0 aliphatic heterocycles. The minimum Gasteiger partial charge on any atom is -0.491 e. The molecule has 0 spiro atoms. The largest absolute Gasteiger partial charge is 0.491 e. The fourth-order valence-corrected chi connectivity index (χ4v) is 2.40. The van der Waals surface area contributed by atoms with E-state index in [-0.39, 0.29) is 18.4 Å². The van der Waals surface area contributed by atoms with Crippen LogP contribution in [0.4, 0.5) is 11.4 Å². The zero-order valence-corrected chi connectivity index (χ0v) is 16.3. The highest BCUT2D eigenvalue weighted by Gasteiger charge is 2.07. The summed E-state index contributed by atoms with van der Waals surface area (Å²) in [6.45, 7) is 3.65. The lowest BCUT2D eigenvalue weighted by Crippen LogP contribution is -2.24. The predicted molar refractivity (Wildman–Crippen MR) is 110 cm³/mol. The lowest BCUT2D eigenvalue weighted by atomic mass is 10.2. The molecule has 0 unspecified atom stereocenters. The fraction of sp³-hybridized carbons (Fsp3) is 0.333. The Bertz CT molecular complexity index is 780. The van der Waals surface area contributed by atoms with Crippen molar-refractivity contribution < 1.29 is 19.1 Å². The van der Waals surface area contributed by atoms with E-state index in [1.165, 1.54) is 0 Å². The summed E-state index contributed by atoms with van der Waals surface area (Å²) in [5.74, 6) is 0.337. The van der Waals surface area contributed by atoms with Crippen LogP contribution in [0.25, 0.3) is 0 Å². The summed E-state index contributed by atoms with van der Waals surface area (Å²) in [6.07, 6.45) is 0.877. The number of carbonyl (C=O) groups excluding carboxylic acids is 2. The Morgan fingerprint density at radius 1 is 1.00 bits per heavy atom. The zero-order valence-electron chi connectivity index (χ0n) is 16.3. The van der Waals surface area contributed by atoms with Crippen LogP contribution in [0.1, 0.15) is 23.7 Å². The number of hydrogen-bond donors (Lipinski definition) is 3. The summed E-state index contributed by atoms with van der Waals surface area (Å²) in [4.78, 5) is 24.2. The van der Waals surface area contributed by atoms with Crippen molar-refractivity contribution in [2.45, 2.75) is 13.3 Å². The highest BCUT2D eigenvalue weighted by atomic mass is 16.5. The van der Waals surface area contributed by atoms with Crippen molar-refractivity contribution in [1.82, 2.24) is 5.32 Å². The van der Waals surface area contributed by atoms with E-state index in [0.29, 0.717) is 42.4 Å². The number of methoxy groups -OCH3 is 1. The SMILES string of the molecule is CCCNC(=O)c1cccc(NCC(=O)Nc2cccc(OCCOC)c2)c1. The molecule has 3 N–H and O–H groups in total. The van der Waals surface area contributed by atoms with Crippen LogP contribution in [0.3, 0.4) is 0 Å². The number of ether oxygens (including phenoxy) is 2. The van der Waals surface area contributed by atoms with Crippen molar-refractivity contribution in [3.05, 3.63) is 54.1 Å². The first-order chi connectivity index (χ1) is 13.6. The third kappa shape index (κ3) is 7.28. The first kappa shape index (κ1) is 21.2. The molecule has 0 bridgehead atoms. The lowest BCUT2D eigenvalue weighted by Gasteiger charge is -2.11. The van der Waals surface area contributed by atoms with Gasteiger partial charge >= 0.3 is 0 Å². The van der Waals surface area contributed by atoms with Crippen LogP contribution in [-0.2, 0) is 9.53 Å². The van der Waals surface area contributed by atoms with Gasteiger partial charge in [-0.15, -0.1) is 0 Å². The van der Waals surface area contributed by atoms with E-state index in [2.05, 4.69) is 16.0 Å². The second-order valence-electron chi connectivity index (χ2n) is 6.11. The Kier molecular flexibility index (Phi) is 8.81. The van der Waals surface area contributed by atoms with E-state index in [1.54, 1.807) is 37.4 Å². The van der Waals surface area contributed by atoms with Crippen molar-refractivity contribution in [2.24, 2.45) is 0 Å². The van der Waals surface area contributed by atoms with Gasteiger partial charge in [-0.3, -0.25) is 9.59 Å². The van der Waals surface area contributed by atoms with Gasteiger partial charge in [0, 0.05) is 36.7 Å². The minimum atomic E-state index is -0.199. The Morgan fingerprint density at radius 3 is 2.57 bits per heavy atom. The molecule has 2 rings (SSSR count). The van der Waals surface area contributed by atoms with E-state index < -0.39 is 0 Å². The van der Waals surface area contributed by atoms with Gasteiger partial charge in [-0.1, -0.05) is 19.1 Å². The smallest absolute Gasteiger partial charge is 0.251 e. The standard InChI is InChI=1S/C21H27N3O4/c1-3-10-22-21(26)16-6-4-7-17(13-16)23-15-20(25)24-18-8-5-9-19(14-18)28-12-11-27-2/h4-9,13-14,23H,3,10-12,15H2,1-2H3,(H,22,26)(H,24,25). The molecule has 0 radical (unpaired) electrons. The van der Waals surface area contributed by atoms with Crippen LogP contribution in [0.15, 0.2) is 48.5 Å². The van der Waals surface area contributed by atoms with Crippen molar-refractivity contribution in [3.8, 4) is 5.75 Å². The summed E-state index contributed by atoms with van der Waals surface area (Å²) in [5.41, 5.74) is 1.91. The van der Waals surface area contributed by atoms with Gasteiger partial charge in [0.25, 0.3) is 5.91 Å². The van der Waals surface area contributed by atoms with Gasteiger partial charge in [0.05, 0.1) is 13.2 Å². The van der Waals surface area contributed by atoms with Gasteiger partial charge in [-0.25, -0.2) is 0 Å². The van der Waals surface area contributed by atoms with Gasteiger partial charge in [0.15, 0.2) is 0 Å². The number of hydrogen-bond acceptors (Lipinski definition) is 5. The molecule has 0 fully saturated rings. The second-order valence-corrected chi connectivity index (χ2v) is 6.11. The molecule has 28 heavy (non-hydrogen) atoms. The maximum absolute atomic E-state index is 12.2. The molecule has 2 aromatic carbocycles. The van der Waals surface area contributed by atoms with Crippen molar-refractivity contribution in [1.29, 1.82) is 0 Å². The monoisotopic (exact) mass is 385 g/mol. The maximum atomic E-state index is 12.2. The van der Waals surface area contributed by atoms with E-state index in [1.807, 2.05) is 25.1 Å². The number of benzene rings is 2. The third-order valence-electron chi connectivity index (χ3n) is 3.79. The molecular formula is C21H27N3O4. The van der Waals surface area contributed by atoms with E-state index in [0.717, 1.165) is 6.42 Å². The lowest BCUT2D eigenvalue weighted by molar-refractivity contribution is -0.114. The van der Waals surface area contributed by atoms with Crippen molar-refractivity contribution in [3.63, 3.8) is 0 Å². The van der Waals surface area contributed by atoms with Gasteiger partial charge in [0.1, 0.15) is 12.4 Å². The number of rotatable bonds is 11. The molecule has 0 saturated carbocycles. The minimum absolute atomic E-state index is 0.0782. The van der Waals surface area contributed by atoms with Gasteiger partial charge < -0.3 is 25.4 Å². The van der Waals surface area contributed by atoms with Crippen LogP contribution < -0.4 is 20.7 Å². The molecule has 0 heterocycles. The molecule has 2 amide bonds. The summed E-state index contributed by atoms with van der Waals surface area (Å²) in [6, 6.07) is 14.2. The average molecular weight is 385 g/mol. The molecule has 0 aromatic heterocycles. The van der Waals surface area contributed by atoms with Gasteiger partial charge in [0.2, 0.25) is 5.91 Å². The van der Waals surface area contributed by atoms with E-state index >= 15 is 0 Å². The molecule has 0 saturated heterocycles. The first-order valence-corrected chi connectivity index (χ1v) is 9.26. The quantitative estimate of drug-likeness (QED) is 0.518. The summed E-state index contributed by atoms with van der Waals surface area (Å²) < 4.78 is 10.5. The van der Waals surface area contributed by atoms with Crippen LogP contribution in [0, 0.1) is 0 Å². The highest BCUT2D eigenvalue weighted by molar-refractivity contribution is 5.96. The van der Waals surface area contributed by atoms with Gasteiger partial charge in [-0.2, -0.15) is 0 Å². The summed E-state index contributed by atoms with van der Waals surface area (Å²) in [7, 11) is 1.61. The molecular weight excluding hydrogens is 358 g/mol. The maximum Gasteiger partial charge on any atom is 0.251 e. The van der Waals surface area contributed by atoms with E-state index in [4.69, 9.17) is 9.47 Å². The van der Waals surface area contributed by atoms with Crippen LogP contribution in [-0.4, -0.2) is 45.2 Å². The molecule has 7 heteroatoms. The van der Waals surface area contributed by atoms with E-state index in [9.17, 15) is 9.59 Å². The fourth-order valence-electron chi connectivity index (χ4n) is 2.40. The van der Waals surface area contributed by atoms with Gasteiger partial charge in [-0.05, 0) is 36.8 Å². The molecule has 0 aliphatic carbocycles. The van der Waals surface area contributed by atoms with Crippen LogP contribution >= 0.6 is 0 Å². The van der Waals surface area contributed by atoms with Crippen LogP contribution in [0.5, 0.6) is 5.75 Å². The second kappa shape index (κ2) is 11.6. The van der Waals surface area contributed by atoms with Crippen molar-refractivity contribution >= 4 is 23.2 Å². The molecule has 7 nitrogen and oxygen atoms in total. The summed E-state index contributed by atoms with van der Waals surface area (Å²) >= 11 is 0. The average Bonchev–Trinajstić information content (AvgIpc) is 2.71. The zero-order chi connectivity index (χ0) is 20.2. The topological polar surface area (TPSA) is 88.7 Å². The third-order valence-corrected chi connectivity index (χ3v) is 3.79. The highest BCUT2D eigenvalue weighted by Crippen LogP contribution is 2.17. The number of nitrogens with one attached hydrogen (secondary N) is 3. The Morgan fingerprint density at radius 2 is 1.79 bits per heavy atom. The molecule has 0 atom stereocenters. The number of amides is 2. The molecule has 0 aliphatic rings. The Labute approximate surface area is 165 Å². The molecule has 2 aromatic rings. The first-order valence-electron chi connectivity index (χ1n) is 9.26. The number of anilines is 2. The normalized spacial score (nSPS) is 10.2. The van der Waals surface area contributed by atoms with Crippen LogP contribution in [0.2, 0.25) is 0 Å². The number of carbonyl (C=O) groups is 2. The Balaban J connectivity index is 1.85. The summed E-state index contributed by atoms with van der Waals surface area (Å²) in [5, 5.41) is 8.68. The van der Waals surface area contributed by atoms with Crippen molar-refractivity contribution in [2.75, 3.05) is 44.0 Å².